The maximum atomic E-state index is 5.75. The average Bonchev–Trinajstić information content (AvgIpc) is 2.31. The first-order chi connectivity index (χ1) is 8.41. The van der Waals surface area contributed by atoms with Gasteiger partial charge in [0.25, 0.3) is 0 Å². The zero-order valence-corrected chi connectivity index (χ0v) is 12.0. The fraction of sp³-hybridized carbons (Fsp3) is 0.294. The SMILES string of the molecule is Cc1cc(C)c(N)c(C)c1.Cc1ccccc1C. The highest BCUT2D eigenvalue weighted by molar-refractivity contribution is 5.54. The number of benzene rings is 2. The molecule has 0 radical (unpaired) electrons. The van der Waals surface area contributed by atoms with Gasteiger partial charge in [0.05, 0.1) is 0 Å². The Morgan fingerprint density at radius 1 is 0.667 bits per heavy atom. The molecule has 1 nitrogen and oxygen atoms in total. The first-order valence-electron chi connectivity index (χ1n) is 6.27. The van der Waals surface area contributed by atoms with Gasteiger partial charge in [0.15, 0.2) is 0 Å². The summed E-state index contributed by atoms with van der Waals surface area (Å²) in [6.07, 6.45) is 0. The molecule has 0 saturated carbocycles. The molecular formula is C17H23N. The molecule has 0 atom stereocenters. The minimum Gasteiger partial charge on any atom is -0.398 e. The number of rotatable bonds is 0. The van der Waals surface area contributed by atoms with Gasteiger partial charge in [-0.1, -0.05) is 42.0 Å². The Morgan fingerprint density at radius 2 is 1.06 bits per heavy atom. The van der Waals surface area contributed by atoms with Gasteiger partial charge in [0.2, 0.25) is 0 Å². The third kappa shape index (κ3) is 3.92. The zero-order chi connectivity index (χ0) is 13.7. The van der Waals surface area contributed by atoms with Gasteiger partial charge in [0, 0.05) is 5.69 Å². The maximum Gasteiger partial charge on any atom is 0.0373 e. The van der Waals surface area contributed by atoms with Gasteiger partial charge < -0.3 is 5.73 Å². The van der Waals surface area contributed by atoms with Crippen molar-refractivity contribution in [1.82, 2.24) is 0 Å². The normalized spacial score (nSPS) is 9.61. The summed E-state index contributed by atoms with van der Waals surface area (Å²) in [5.41, 5.74) is 13.0. The van der Waals surface area contributed by atoms with Crippen molar-refractivity contribution in [3.05, 3.63) is 64.2 Å². The van der Waals surface area contributed by atoms with Gasteiger partial charge in [-0.2, -0.15) is 0 Å². The summed E-state index contributed by atoms with van der Waals surface area (Å²) in [4.78, 5) is 0. The summed E-state index contributed by atoms with van der Waals surface area (Å²) in [5.74, 6) is 0. The number of aryl methyl sites for hydroxylation is 5. The highest BCUT2D eigenvalue weighted by Gasteiger charge is 1.96. The van der Waals surface area contributed by atoms with Crippen LogP contribution in [0.3, 0.4) is 0 Å². The van der Waals surface area contributed by atoms with E-state index in [4.69, 9.17) is 5.73 Å². The number of nitrogens with two attached hydrogens (primary N) is 1. The molecule has 0 bridgehead atoms. The van der Waals surface area contributed by atoms with Crippen LogP contribution >= 0.6 is 0 Å². The molecule has 0 spiro atoms. The monoisotopic (exact) mass is 241 g/mol. The standard InChI is InChI=1S/C9H13N.C8H10/c1-6-4-7(2)9(10)8(3)5-6;1-7-5-3-4-6-8(7)2/h4-5H,10H2,1-3H3;3-6H,1-2H3. The third-order valence-electron chi connectivity index (χ3n) is 3.16. The van der Waals surface area contributed by atoms with Crippen molar-refractivity contribution in [3.8, 4) is 0 Å². The molecule has 0 saturated heterocycles. The molecular weight excluding hydrogens is 218 g/mol. The van der Waals surface area contributed by atoms with Crippen LogP contribution < -0.4 is 5.73 Å². The summed E-state index contributed by atoms with van der Waals surface area (Å²) in [5, 5.41) is 0. The number of anilines is 1. The first kappa shape index (κ1) is 14.3. The molecule has 0 unspecified atom stereocenters. The highest BCUT2D eigenvalue weighted by Crippen LogP contribution is 2.17. The fourth-order valence-electron chi connectivity index (χ4n) is 1.85. The van der Waals surface area contributed by atoms with Crippen LogP contribution in [0.5, 0.6) is 0 Å². The molecule has 2 rings (SSSR count). The molecule has 0 heterocycles. The van der Waals surface area contributed by atoms with Crippen LogP contribution in [0.15, 0.2) is 36.4 Å². The van der Waals surface area contributed by atoms with Crippen molar-refractivity contribution in [2.75, 3.05) is 5.73 Å². The number of hydrogen-bond donors (Lipinski definition) is 1. The van der Waals surface area contributed by atoms with Crippen molar-refractivity contribution in [3.63, 3.8) is 0 Å². The molecule has 96 valence electrons. The molecule has 18 heavy (non-hydrogen) atoms. The third-order valence-corrected chi connectivity index (χ3v) is 3.16. The van der Waals surface area contributed by atoms with Crippen molar-refractivity contribution >= 4 is 5.69 Å². The van der Waals surface area contributed by atoms with Gasteiger partial charge in [-0.3, -0.25) is 0 Å². The maximum absolute atomic E-state index is 5.75. The predicted octanol–water partition coefficient (Wildman–Crippen LogP) is 4.50. The van der Waals surface area contributed by atoms with E-state index in [-0.39, 0.29) is 0 Å². The molecule has 2 aromatic rings. The van der Waals surface area contributed by atoms with Crippen LogP contribution in [0.4, 0.5) is 5.69 Å². The Hall–Kier alpha value is -1.76. The van der Waals surface area contributed by atoms with Crippen molar-refractivity contribution < 1.29 is 0 Å². The quantitative estimate of drug-likeness (QED) is 0.675. The summed E-state index contributed by atoms with van der Waals surface area (Å²) in [6.45, 7) is 10.4. The topological polar surface area (TPSA) is 26.0 Å². The lowest BCUT2D eigenvalue weighted by Gasteiger charge is -2.04. The molecule has 0 aliphatic carbocycles. The lowest BCUT2D eigenvalue weighted by molar-refractivity contribution is 1.33. The molecule has 0 fully saturated rings. The van der Waals surface area contributed by atoms with E-state index in [1.54, 1.807) is 0 Å². The van der Waals surface area contributed by atoms with E-state index in [9.17, 15) is 0 Å². The Kier molecular flexibility index (Phi) is 4.96. The summed E-state index contributed by atoms with van der Waals surface area (Å²) in [7, 11) is 0. The van der Waals surface area contributed by atoms with Crippen LogP contribution in [-0.4, -0.2) is 0 Å². The Bertz CT molecular complexity index is 483. The smallest absolute Gasteiger partial charge is 0.0373 e. The van der Waals surface area contributed by atoms with E-state index in [0.29, 0.717) is 0 Å². The van der Waals surface area contributed by atoms with E-state index in [1.165, 1.54) is 27.8 Å². The summed E-state index contributed by atoms with van der Waals surface area (Å²) in [6, 6.07) is 12.6. The molecule has 2 N–H and O–H groups in total. The van der Waals surface area contributed by atoms with Gasteiger partial charge in [-0.05, 0) is 56.9 Å². The predicted molar refractivity (Wildman–Crippen MR) is 81.0 cm³/mol. The van der Waals surface area contributed by atoms with Crippen molar-refractivity contribution in [2.24, 2.45) is 0 Å². The molecule has 0 aliphatic rings. The van der Waals surface area contributed by atoms with Crippen LogP contribution in [0.2, 0.25) is 0 Å². The molecule has 1 heteroatoms. The van der Waals surface area contributed by atoms with Gasteiger partial charge in [-0.25, -0.2) is 0 Å². The van der Waals surface area contributed by atoms with Crippen LogP contribution in [0, 0.1) is 34.6 Å². The van der Waals surface area contributed by atoms with E-state index in [0.717, 1.165) is 5.69 Å². The average molecular weight is 241 g/mol. The highest BCUT2D eigenvalue weighted by atomic mass is 14.6. The van der Waals surface area contributed by atoms with Gasteiger partial charge in [0.1, 0.15) is 0 Å². The fourth-order valence-corrected chi connectivity index (χ4v) is 1.85. The lowest BCUT2D eigenvalue weighted by Crippen LogP contribution is -1.93. The Labute approximate surface area is 111 Å². The van der Waals surface area contributed by atoms with E-state index in [2.05, 4.69) is 57.2 Å². The van der Waals surface area contributed by atoms with Crippen LogP contribution in [0.25, 0.3) is 0 Å². The Balaban J connectivity index is 0.000000184. The summed E-state index contributed by atoms with van der Waals surface area (Å²) < 4.78 is 0. The van der Waals surface area contributed by atoms with Gasteiger partial charge in [-0.15, -0.1) is 0 Å². The summed E-state index contributed by atoms with van der Waals surface area (Å²) >= 11 is 0. The second kappa shape index (κ2) is 6.25. The van der Waals surface area contributed by atoms with Crippen molar-refractivity contribution in [2.45, 2.75) is 34.6 Å². The minimum absolute atomic E-state index is 0.922. The van der Waals surface area contributed by atoms with Crippen molar-refractivity contribution in [1.29, 1.82) is 0 Å². The largest absolute Gasteiger partial charge is 0.398 e. The lowest BCUT2D eigenvalue weighted by atomic mass is 10.1. The zero-order valence-electron chi connectivity index (χ0n) is 12.0. The van der Waals surface area contributed by atoms with E-state index < -0.39 is 0 Å². The van der Waals surface area contributed by atoms with Gasteiger partial charge >= 0.3 is 0 Å². The molecule has 0 aliphatic heterocycles. The molecule has 0 amide bonds. The minimum atomic E-state index is 0.922. The van der Waals surface area contributed by atoms with Crippen LogP contribution in [0.1, 0.15) is 27.8 Å². The first-order valence-corrected chi connectivity index (χ1v) is 6.27. The van der Waals surface area contributed by atoms with E-state index >= 15 is 0 Å². The molecule has 0 aromatic heterocycles. The Morgan fingerprint density at radius 3 is 1.39 bits per heavy atom. The van der Waals surface area contributed by atoms with Crippen LogP contribution in [-0.2, 0) is 0 Å². The number of hydrogen-bond acceptors (Lipinski definition) is 1. The van der Waals surface area contributed by atoms with E-state index in [1.807, 2.05) is 13.8 Å². The second-order valence-corrected chi connectivity index (χ2v) is 4.90. The number of nitrogen functional groups attached to an aromatic ring is 1. The second-order valence-electron chi connectivity index (χ2n) is 4.90. The molecule has 2 aromatic carbocycles.